The van der Waals surface area contributed by atoms with Crippen LogP contribution in [0.5, 0.6) is 0 Å². The van der Waals surface area contributed by atoms with Crippen LogP contribution in [-0.2, 0) is 0 Å². The fraction of sp³-hybridized carbons (Fsp3) is 0.267. The number of aryl methyl sites for hydroxylation is 1. The molecule has 0 saturated carbocycles. The Hall–Kier alpha value is -1.32. The highest BCUT2D eigenvalue weighted by Gasteiger charge is 2.16. The lowest BCUT2D eigenvalue weighted by Crippen LogP contribution is -2.07. The van der Waals surface area contributed by atoms with Crippen molar-refractivity contribution in [3.8, 4) is 0 Å². The van der Waals surface area contributed by atoms with Crippen LogP contribution in [0, 0.1) is 6.92 Å². The first-order valence-corrected chi connectivity index (χ1v) is 7.16. The molecule has 2 rings (SSSR count). The zero-order valence-electron chi connectivity index (χ0n) is 10.5. The number of benzene rings is 1. The van der Waals surface area contributed by atoms with Gasteiger partial charge in [0.25, 0.3) is 0 Å². The molecule has 1 aromatic heterocycles. The minimum atomic E-state index is 0.274. The summed E-state index contributed by atoms with van der Waals surface area (Å²) in [5, 5.41) is 0.274. The quantitative estimate of drug-likeness (QED) is 0.895. The monoisotopic (exact) mass is 258 g/mol. The average Bonchev–Trinajstić information content (AvgIpc) is 2.42. The van der Waals surface area contributed by atoms with E-state index in [1.807, 2.05) is 30.1 Å². The van der Waals surface area contributed by atoms with Crippen molar-refractivity contribution in [2.75, 3.05) is 12.3 Å². The Morgan fingerprint density at radius 1 is 1.17 bits per heavy atom. The molecule has 1 atom stereocenters. The highest BCUT2D eigenvalue weighted by atomic mass is 32.2. The Morgan fingerprint density at radius 3 is 2.61 bits per heavy atom. The van der Waals surface area contributed by atoms with Crippen molar-refractivity contribution >= 4 is 11.8 Å². The molecule has 1 aromatic carbocycles. The maximum Gasteiger partial charge on any atom is 0.0722 e. The van der Waals surface area contributed by atoms with Crippen LogP contribution in [0.1, 0.15) is 22.1 Å². The van der Waals surface area contributed by atoms with E-state index >= 15 is 0 Å². The number of hydrogen-bond donors (Lipinski definition) is 1. The van der Waals surface area contributed by atoms with Gasteiger partial charge in [0.05, 0.1) is 10.9 Å². The lowest BCUT2D eigenvalue weighted by atomic mass is 10.0. The van der Waals surface area contributed by atoms with Gasteiger partial charge in [0, 0.05) is 18.5 Å². The normalized spacial score (nSPS) is 12.3. The van der Waals surface area contributed by atoms with Crippen LogP contribution < -0.4 is 5.73 Å². The summed E-state index contributed by atoms with van der Waals surface area (Å²) in [6.45, 7) is 2.84. The molecule has 1 heterocycles. The molecule has 2 N–H and O–H groups in total. The van der Waals surface area contributed by atoms with Crippen molar-refractivity contribution in [1.82, 2.24) is 4.98 Å². The summed E-state index contributed by atoms with van der Waals surface area (Å²) in [5.74, 6) is 0.940. The van der Waals surface area contributed by atoms with Crippen molar-refractivity contribution in [2.45, 2.75) is 12.2 Å². The molecule has 94 valence electrons. The van der Waals surface area contributed by atoms with Gasteiger partial charge in [0.1, 0.15) is 0 Å². The summed E-state index contributed by atoms with van der Waals surface area (Å²) in [4.78, 5) is 4.49. The minimum Gasteiger partial charge on any atom is -0.330 e. The molecule has 2 aromatic rings. The standard InChI is InChI=1S/C15H18N2S/c1-12-6-2-3-7-13(12)15(18-11-9-16)14-8-4-5-10-17-14/h2-8,10,15H,9,11,16H2,1H3. The molecule has 3 heteroatoms. The molecule has 0 aliphatic heterocycles. The zero-order chi connectivity index (χ0) is 12.8. The van der Waals surface area contributed by atoms with Crippen LogP contribution in [0.2, 0.25) is 0 Å². The summed E-state index contributed by atoms with van der Waals surface area (Å²) in [6.07, 6.45) is 1.85. The maximum atomic E-state index is 5.63. The number of hydrogen-bond acceptors (Lipinski definition) is 3. The summed E-state index contributed by atoms with van der Waals surface area (Å²) in [5.41, 5.74) is 9.36. The molecule has 0 bridgehead atoms. The number of nitrogens with zero attached hydrogens (tertiary/aromatic N) is 1. The summed E-state index contributed by atoms with van der Waals surface area (Å²) < 4.78 is 0. The summed E-state index contributed by atoms with van der Waals surface area (Å²) >= 11 is 1.85. The Kier molecular flexibility index (Phi) is 4.79. The first-order chi connectivity index (χ1) is 8.83. The van der Waals surface area contributed by atoms with E-state index in [9.17, 15) is 0 Å². The average molecular weight is 258 g/mol. The first kappa shape index (κ1) is 13.1. The van der Waals surface area contributed by atoms with E-state index in [4.69, 9.17) is 5.73 Å². The van der Waals surface area contributed by atoms with Gasteiger partial charge in [-0.25, -0.2) is 0 Å². The lowest BCUT2D eigenvalue weighted by molar-refractivity contribution is 1.03. The van der Waals surface area contributed by atoms with Gasteiger partial charge in [-0.05, 0) is 30.2 Å². The fourth-order valence-corrected chi connectivity index (χ4v) is 3.06. The van der Waals surface area contributed by atoms with Crippen molar-refractivity contribution in [3.05, 3.63) is 65.5 Å². The third-order valence-corrected chi connectivity index (χ3v) is 4.13. The summed E-state index contributed by atoms with van der Waals surface area (Å²) in [7, 11) is 0. The molecule has 0 radical (unpaired) electrons. The van der Waals surface area contributed by atoms with Crippen molar-refractivity contribution in [3.63, 3.8) is 0 Å². The van der Waals surface area contributed by atoms with Crippen LogP contribution in [0.25, 0.3) is 0 Å². The van der Waals surface area contributed by atoms with Gasteiger partial charge in [-0.2, -0.15) is 0 Å². The Bertz CT molecular complexity index is 485. The predicted octanol–water partition coefficient (Wildman–Crippen LogP) is 3.17. The topological polar surface area (TPSA) is 38.9 Å². The fourth-order valence-electron chi connectivity index (χ4n) is 1.93. The van der Waals surface area contributed by atoms with Crippen LogP contribution in [0.3, 0.4) is 0 Å². The highest BCUT2D eigenvalue weighted by molar-refractivity contribution is 7.99. The van der Waals surface area contributed by atoms with Crippen LogP contribution in [0.4, 0.5) is 0 Å². The Labute approximate surface area is 113 Å². The van der Waals surface area contributed by atoms with Gasteiger partial charge in [0.2, 0.25) is 0 Å². The Balaban J connectivity index is 2.34. The van der Waals surface area contributed by atoms with E-state index in [0.717, 1.165) is 11.4 Å². The molecule has 18 heavy (non-hydrogen) atoms. The van der Waals surface area contributed by atoms with Crippen LogP contribution >= 0.6 is 11.8 Å². The van der Waals surface area contributed by atoms with Crippen LogP contribution in [0.15, 0.2) is 48.7 Å². The van der Waals surface area contributed by atoms with Gasteiger partial charge in [-0.3, -0.25) is 4.98 Å². The third kappa shape index (κ3) is 3.12. The molecule has 0 amide bonds. The second kappa shape index (κ2) is 6.57. The number of nitrogens with two attached hydrogens (primary N) is 1. The minimum absolute atomic E-state index is 0.274. The first-order valence-electron chi connectivity index (χ1n) is 6.11. The molecule has 0 fully saturated rings. The molecule has 0 saturated heterocycles. The van der Waals surface area contributed by atoms with Crippen molar-refractivity contribution in [1.29, 1.82) is 0 Å². The lowest BCUT2D eigenvalue weighted by Gasteiger charge is -2.18. The van der Waals surface area contributed by atoms with Gasteiger partial charge in [-0.15, -0.1) is 11.8 Å². The van der Waals surface area contributed by atoms with E-state index in [1.54, 1.807) is 0 Å². The molecular formula is C15H18N2S. The van der Waals surface area contributed by atoms with E-state index in [2.05, 4.69) is 42.2 Å². The second-order valence-electron chi connectivity index (χ2n) is 4.15. The zero-order valence-corrected chi connectivity index (χ0v) is 11.4. The maximum absolute atomic E-state index is 5.63. The smallest absolute Gasteiger partial charge is 0.0722 e. The number of rotatable bonds is 5. The second-order valence-corrected chi connectivity index (χ2v) is 5.36. The number of aromatic nitrogens is 1. The number of pyridine rings is 1. The van der Waals surface area contributed by atoms with Crippen molar-refractivity contribution < 1.29 is 0 Å². The Morgan fingerprint density at radius 2 is 1.94 bits per heavy atom. The van der Waals surface area contributed by atoms with E-state index in [-0.39, 0.29) is 5.25 Å². The molecule has 2 nitrogen and oxygen atoms in total. The van der Waals surface area contributed by atoms with E-state index in [0.29, 0.717) is 6.54 Å². The van der Waals surface area contributed by atoms with Gasteiger partial charge in [0.15, 0.2) is 0 Å². The predicted molar refractivity (Wildman–Crippen MR) is 78.8 cm³/mol. The van der Waals surface area contributed by atoms with Crippen molar-refractivity contribution in [2.24, 2.45) is 5.73 Å². The molecular weight excluding hydrogens is 240 g/mol. The molecule has 0 aliphatic rings. The van der Waals surface area contributed by atoms with Crippen LogP contribution in [-0.4, -0.2) is 17.3 Å². The number of thioether (sulfide) groups is 1. The largest absolute Gasteiger partial charge is 0.330 e. The molecule has 0 spiro atoms. The van der Waals surface area contributed by atoms with Gasteiger partial charge in [-0.1, -0.05) is 30.3 Å². The van der Waals surface area contributed by atoms with Gasteiger partial charge >= 0.3 is 0 Å². The van der Waals surface area contributed by atoms with E-state index in [1.165, 1.54) is 11.1 Å². The highest BCUT2D eigenvalue weighted by Crippen LogP contribution is 2.35. The van der Waals surface area contributed by atoms with E-state index < -0.39 is 0 Å². The molecule has 1 unspecified atom stereocenters. The molecule has 0 aliphatic carbocycles. The third-order valence-electron chi connectivity index (χ3n) is 2.83. The summed E-state index contributed by atoms with van der Waals surface area (Å²) in [6, 6.07) is 14.6. The SMILES string of the molecule is Cc1ccccc1C(SCCN)c1ccccn1. The van der Waals surface area contributed by atoms with Gasteiger partial charge < -0.3 is 5.73 Å².